The van der Waals surface area contributed by atoms with E-state index >= 15 is 0 Å². The molecule has 1 fully saturated rings. The van der Waals surface area contributed by atoms with Crippen LogP contribution in [0, 0.1) is 0 Å². The molecule has 0 unspecified atom stereocenters. The number of amides is 2. The van der Waals surface area contributed by atoms with Crippen molar-refractivity contribution in [3.05, 3.63) is 64.7 Å². The maximum Gasteiger partial charge on any atom is 0.308 e. The van der Waals surface area contributed by atoms with Crippen LogP contribution in [0.2, 0.25) is 0 Å². The van der Waals surface area contributed by atoms with E-state index in [-0.39, 0.29) is 17.7 Å². The van der Waals surface area contributed by atoms with Gasteiger partial charge in [0.25, 0.3) is 5.91 Å². The number of nitrogens with one attached hydrogen (secondary N) is 1. The normalized spacial score (nSPS) is 15.6. The van der Waals surface area contributed by atoms with Crippen molar-refractivity contribution in [3.8, 4) is 5.75 Å². The first-order valence-electron chi connectivity index (χ1n) is 10.3. The summed E-state index contributed by atoms with van der Waals surface area (Å²) >= 11 is 1.27. The van der Waals surface area contributed by atoms with Gasteiger partial charge >= 0.3 is 5.97 Å². The Balaban J connectivity index is 1.39. The minimum atomic E-state index is -0.425. The molecule has 1 aliphatic heterocycles. The van der Waals surface area contributed by atoms with E-state index in [4.69, 9.17) is 4.74 Å². The number of aromatic nitrogens is 2. The third kappa shape index (κ3) is 4.83. The van der Waals surface area contributed by atoms with Crippen molar-refractivity contribution >= 4 is 39.9 Å². The Bertz CT molecular complexity index is 1140. The molecule has 1 atom stereocenters. The number of rotatable bonds is 6. The molecule has 2 aromatic carbocycles. The van der Waals surface area contributed by atoms with E-state index in [0.29, 0.717) is 34.4 Å². The van der Waals surface area contributed by atoms with E-state index in [2.05, 4.69) is 22.4 Å². The fourth-order valence-electron chi connectivity index (χ4n) is 3.49. The van der Waals surface area contributed by atoms with Gasteiger partial charge in [0.2, 0.25) is 11.0 Å². The molecule has 1 N–H and O–H groups in total. The van der Waals surface area contributed by atoms with E-state index in [1.807, 2.05) is 24.3 Å². The zero-order chi connectivity index (χ0) is 22.7. The maximum absolute atomic E-state index is 12.6. The Morgan fingerprint density at radius 1 is 1.12 bits per heavy atom. The smallest absolute Gasteiger partial charge is 0.308 e. The fraction of sp³-hybridized carbons (Fsp3) is 0.261. The quantitative estimate of drug-likeness (QED) is 0.453. The van der Waals surface area contributed by atoms with Crippen LogP contribution in [0.15, 0.2) is 48.5 Å². The van der Waals surface area contributed by atoms with Gasteiger partial charge in [0.15, 0.2) is 0 Å². The van der Waals surface area contributed by atoms with Gasteiger partial charge in [-0.1, -0.05) is 30.4 Å². The molecule has 0 spiro atoms. The van der Waals surface area contributed by atoms with Gasteiger partial charge in [-0.3, -0.25) is 19.7 Å². The number of hydrogen-bond acceptors (Lipinski definition) is 7. The van der Waals surface area contributed by atoms with Crippen LogP contribution in [-0.2, 0) is 16.0 Å². The Morgan fingerprint density at radius 2 is 1.84 bits per heavy atom. The summed E-state index contributed by atoms with van der Waals surface area (Å²) in [5.41, 5.74) is 2.50. The summed E-state index contributed by atoms with van der Waals surface area (Å²) in [6.07, 6.45) is 1.31. The second-order valence-electron chi connectivity index (χ2n) is 7.44. The molecule has 1 saturated heterocycles. The molecule has 1 aromatic heterocycles. The number of ether oxygens (including phenoxy) is 1. The minimum Gasteiger partial charge on any atom is -0.427 e. The summed E-state index contributed by atoms with van der Waals surface area (Å²) in [7, 11) is 0. The van der Waals surface area contributed by atoms with Crippen LogP contribution in [0.5, 0.6) is 5.75 Å². The molecule has 164 valence electrons. The first-order valence-corrected chi connectivity index (χ1v) is 11.1. The summed E-state index contributed by atoms with van der Waals surface area (Å²) in [6.45, 7) is 3.94. The summed E-state index contributed by atoms with van der Waals surface area (Å²) in [5, 5.41) is 12.1. The van der Waals surface area contributed by atoms with Gasteiger partial charge in [-0.15, -0.1) is 10.2 Å². The third-order valence-corrected chi connectivity index (χ3v) is 6.17. The van der Waals surface area contributed by atoms with E-state index in [9.17, 15) is 14.4 Å². The van der Waals surface area contributed by atoms with Crippen LogP contribution in [0.1, 0.15) is 47.1 Å². The van der Waals surface area contributed by atoms with Crippen LogP contribution < -0.4 is 15.0 Å². The number of nitrogens with zero attached hydrogens (tertiary/aromatic N) is 3. The predicted octanol–water partition coefficient (Wildman–Crippen LogP) is 3.80. The first kappa shape index (κ1) is 21.6. The zero-order valence-electron chi connectivity index (χ0n) is 17.7. The average Bonchev–Trinajstić information content (AvgIpc) is 3.40. The van der Waals surface area contributed by atoms with Crippen LogP contribution in [-0.4, -0.2) is 34.5 Å². The van der Waals surface area contributed by atoms with E-state index < -0.39 is 5.97 Å². The fourth-order valence-corrected chi connectivity index (χ4v) is 4.32. The Morgan fingerprint density at radius 3 is 2.50 bits per heavy atom. The Labute approximate surface area is 189 Å². The van der Waals surface area contributed by atoms with Gasteiger partial charge in [-0.25, -0.2) is 0 Å². The summed E-state index contributed by atoms with van der Waals surface area (Å²) < 4.78 is 4.97. The topological polar surface area (TPSA) is 101 Å². The lowest BCUT2D eigenvalue weighted by Gasteiger charge is -2.16. The molecule has 9 heteroatoms. The van der Waals surface area contributed by atoms with Crippen molar-refractivity contribution in [2.75, 3.05) is 16.8 Å². The van der Waals surface area contributed by atoms with E-state index in [1.54, 1.807) is 29.2 Å². The highest BCUT2D eigenvalue weighted by Crippen LogP contribution is 2.34. The average molecular weight is 451 g/mol. The van der Waals surface area contributed by atoms with Crippen LogP contribution >= 0.6 is 11.3 Å². The monoisotopic (exact) mass is 450 g/mol. The van der Waals surface area contributed by atoms with Crippen molar-refractivity contribution in [1.29, 1.82) is 0 Å². The van der Waals surface area contributed by atoms with E-state index in [0.717, 1.165) is 12.1 Å². The molecule has 4 rings (SSSR count). The highest BCUT2D eigenvalue weighted by molar-refractivity contribution is 7.15. The number of carbonyl (C=O) groups is 3. The molecule has 2 amide bonds. The molecule has 3 aromatic rings. The van der Waals surface area contributed by atoms with Crippen molar-refractivity contribution in [2.24, 2.45) is 0 Å². The van der Waals surface area contributed by atoms with Crippen LogP contribution in [0.4, 0.5) is 10.8 Å². The summed E-state index contributed by atoms with van der Waals surface area (Å²) in [4.78, 5) is 37.8. The first-order chi connectivity index (χ1) is 15.4. The number of esters is 1. The number of carbonyl (C=O) groups excluding carboxylic acids is 3. The van der Waals surface area contributed by atoms with Gasteiger partial charge in [0, 0.05) is 37.1 Å². The third-order valence-electron chi connectivity index (χ3n) is 5.17. The molecular weight excluding hydrogens is 428 g/mol. The Kier molecular flexibility index (Phi) is 6.27. The summed E-state index contributed by atoms with van der Waals surface area (Å²) in [5.74, 6) is -0.424. The van der Waals surface area contributed by atoms with Crippen molar-refractivity contribution in [3.63, 3.8) is 0 Å². The largest absolute Gasteiger partial charge is 0.427 e. The van der Waals surface area contributed by atoms with Gasteiger partial charge in [0.1, 0.15) is 10.8 Å². The van der Waals surface area contributed by atoms with Crippen molar-refractivity contribution in [2.45, 2.75) is 32.6 Å². The molecule has 1 aliphatic rings. The number of benzene rings is 2. The van der Waals surface area contributed by atoms with Crippen molar-refractivity contribution in [1.82, 2.24) is 10.2 Å². The molecule has 0 aliphatic carbocycles. The molecule has 2 heterocycles. The van der Waals surface area contributed by atoms with Crippen LogP contribution in [0.25, 0.3) is 0 Å². The zero-order valence-corrected chi connectivity index (χ0v) is 18.5. The predicted molar refractivity (Wildman–Crippen MR) is 121 cm³/mol. The van der Waals surface area contributed by atoms with Crippen LogP contribution in [0.3, 0.4) is 0 Å². The lowest BCUT2D eigenvalue weighted by atomic mass is 10.1. The molecule has 0 bridgehead atoms. The van der Waals surface area contributed by atoms with E-state index in [1.165, 1.54) is 23.8 Å². The number of anilines is 2. The molecular formula is C23H22N4O4S. The molecule has 32 heavy (non-hydrogen) atoms. The van der Waals surface area contributed by atoms with Gasteiger partial charge in [0.05, 0.1) is 0 Å². The van der Waals surface area contributed by atoms with Gasteiger partial charge in [-0.05, 0) is 48.4 Å². The lowest BCUT2D eigenvalue weighted by molar-refractivity contribution is -0.131. The standard InChI is InChI=1S/C23H22N4O4S/c1-3-15-4-8-18(9-5-15)27-13-17(12-20(27)29)22-25-26-23(32-22)24-21(30)16-6-10-19(11-7-16)31-14(2)28/h4-11,17H,3,12-13H2,1-2H3,(H,24,26,30)/t17-/m0/s1. The maximum atomic E-state index is 12.6. The number of hydrogen-bond donors (Lipinski definition) is 1. The SMILES string of the molecule is CCc1ccc(N2C[C@@H](c3nnc(NC(=O)c4ccc(OC(C)=O)cc4)s3)CC2=O)cc1. The number of aryl methyl sites for hydroxylation is 1. The lowest BCUT2D eigenvalue weighted by Crippen LogP contribution is -2.24. The summed E-state index contributed by atoms with van der Waals surface area (Å²) in [6, 6.07) is 14.2. The molecule has 0 saturated carbocycles. The molecule has 0 radical (unpaired) electrons. The van der Waals surface area contributed by atoms with Gasteiger partial charge < -0.3 is 9.64 Å². The second-order valence-corrected chi connectivity index (χ2v) is 8.45. The van der Waals surface area contributed by atoms with Gasteiger partial charge in [-0.2, -0.15) is 0 Å². The minimum absolute atomic E-state index is 0.0490. The highest BCUT2D eigenvalue weighted by Gasteiger charge is 2.34. The Hall–Kier alpha value is -3.59. The van der Waals surface area contributed by atoms with Crippen molar-refractivity contribution < 1.29 is 19.1 Å². The molecule has 8 nitrogen and oxygen atoms in total. The highest BCUT2D eigenvalue weighted by atomic mass is 32.1. The second kappa shape index (κ2) is 9.27.